The molecule has 3 rings (SSSR count). The molecule has 0 N–H and O–H groups in total. The maximum Gasteiger partial charge on any atom is 0.268 e. The third-order valence-electron chi connectivity index (χ3n) is 3.69. The standard InChI is InChI=1S/C17H17NO4S/c1-21-17(22-2)15-12-18(16-11-7-6-10-14(15)16)23(19,20)13-8-4-3-5-9-13/h3-12,17H,1-2H3. The predicted octanol–water partition coefficient (Wildman–Crippen LogP) is 3.17. The van der Waals surface area contributed by atoms with Gasteiger partial charge in [0.05, 0.1) is 10.4 Å². The lowest BCUT2D eigenvalue weighted by Crippen LogP contribution is -2.12. The Bertz CT molecular complexity index is 912. The number of hydrogen-bond acceptors (Lipinski definition) is 4. The average molecular weight is 331 g/mol. The van der Waals surface area contributed by atoms with Gasteiger partial charge in [0.1, 0.15) is 0 Å². The molecule has 0 aliphatic carbocycles. The van der Waals surface area contributed by atoms with Crippen LogP contribution in [0.25, 0.3) is 10.9 Å². The number of rotatable bonds is 5. The Morgan fingerprint density at radius 3 is 2.17 bits per heavy atom. The van der Waals surface area contributed by atoms with Crippen molar-refractivity contribution in [2.45, 2.75) is 11.2 Å². The van der Waals surface area contributed by atoms with Gasteiger partial charge in [-0.2, -0.15) is 0 Å². The van der Waals surface area contributed by atoms with Gasteiger partial charge in [-0.15, -0.1) is 0 Å². The summed E-state index contributed by atoms with van der Waals surface area (Å²) >= 11 is 0. The first kappa shape index (κ1) is 15.7. The summed E-state index contributed by atoms with van der Waals surface area (Å²) in [6.45, 7) is 0. The number of fused-ring (bicyclic) bond motifs is 1. The molecule has 0 atom stereocenters. The van der Waals surface area contributed by atoms with Gasteiger partial charge in [0, 0.05) is 31.4 Å². The Balaban J connectivity index is 2.27. The molecule has 3 aromatic rings. The molecule has 0 aliphatic rings. The van der Waals surface area contributed by atoms with E-state index in [4.69, 9.17) is 9.47 Å². The van der Waals surface area contributed by atoms with Crippen molar-refractivity contribution in [3.05, 3.63) is 66.4 Å². The van der Waals surface area contributed by atoms with Gasteiger partial charge in [-0.1, -0.05) is 36.4 Å². The Morgan fingerprint density at radius 1 is 0.913 bits per heavy atom. The maximum absolute atomic E-state index is 12.9. The van der Waals surface area contributed by atoms with Crippen LogP contribution < -0.4 is 0 Å². The molecule has 120 valence electrons. The van der Waals surface area contributed by atoms with Crippen molar-refractivity contribution in [1.29, 1.82) is 0 Å². The highest BCUT2D eigenvalue weighted by Gasteiger charge is 2.24. The quantitative estimate of drug-likeness (QED) is 0.674. The molecule has 0 spiro atoms. The average Bonchev–Trinajstić information content (AvgIpc) is 2.97. The van der Waals surface area contributed by atoms with Crippen LogP contribution in [0.3, 0.4) is 0 Å². The van der Waals surface area contributed by atoms with Crippen LogP contribution in [0.4, 0.5) is 0 Å². The maximum atomic E-state index is 12.9. The lowest BCUT2D eigenvalue weighted by atomic mass is 10.2. The molecule has 0 fully saturated rings. The van der Waals surface area contributed by atoms with Crippen molar-refractivity contribution in [1.82, 2.24) is 3.97 Å². The second-order valence-electron chi connectivity index (χ2n) is 5.02. The van der Waals surface area contributed by atoms with Crippen molar-refractivity contribution in [3.8, 4) is 0 Å². The summed E-state index contributed by atoms with van der Waals surface area (Å²) in [6.07, 6.45) is 0.928. The van der Waals surface area contributed by atoms with E-state index in [1.54, 1.807) is 48.7 Å². The van der Waals surface area contributed by atoms with Gasteiger partial charge in [-0.05, 0) is 18.2 Å². The number of methoxy groups -OCH3 is 2. The Hall–Kier alpha value is -2.15. The van der Waals surface area contributed by atoms with E-state index < -0.39 is 16.3 Å². The normalized spacial score (nSPS) is 12.1. The van der Waals surface area contributed by atoms with Gasteiger partial charge in [0.25, 0.3) is 10.0 Å². The van der Waals surface area contributed by atoms with Crippen LogP contribution in [0.5, 0.6) is 0 Å². The number of benzene rings is 2. The predicted molar refractivity (Wildman–Crippen MR) is 87.7 cm³/mol. The van der Waals surface area contributed by atoms with Gasteiger partial charge in [0.15, 0.2) is 6.29 Å². The van der Waals surface area contributed by atoms with Crippen LogP contribution in [-0.4, -0.2) is 26.6 Å². The molecular weight excluding hydrogens is 314 g/mol. The van der Waals surface area contributed by atoms with E-state index in [0.29, 0.717) is 11.1 Å². The molecule has 0 bridgehead atoms. The van der Waals surface area contributed by atoms with Gasteiger partial charge < -0.3 is 9.47 Å². The molecule has 0 radical (unpaired) electrons. The van der Waals surface area contributed by atoms with Crippen molar-refractivity contribution >= 4 is 20.9 Å². The molecule has 0 unspecified atom stereocenters. The van der Waals surface area contributed by atoms with E-state index in [2.05, 4.69) is 0 Å². The fraction of sp³-hybridized carbons (Fsp3) is 0.176. The smallest absolute Gasteiger partial charge is 0.268 e. The SMILES string of the molecule is COC(OC)c1cn(S(=O)(=O)c2ccccc2)c2ccccc12. The Labute approximate surface area is 135 Å². The molecule has 0 saturated heterocycles. The first-order chi connectivity index (χ1) is 11.1. The highest BCUT2D eigenvalue weighted by Crippen LogP contribution is 2.31. The molecule has 0 saturated carbocycles. The monoisotopic (exact) mass is 331 g/mol. The summed E-state index contributed by atoms with van der Waals surface area (Å²) in [4.78, 5) is 0.235. The zero-order valence-electron chi connectivity index (χ0n) is 12.8. The number of aromatic nitrogens is 1. The molecule has 0 amide bonds. The third kappa shape index (κ3) is 2.65. The number of nitrogens with zero attached hydrogens (tertiary/aromatic N) is 1. The minimum absolute atomic E-state index is 0.235. The zero-order valence-corrected chi connectivity index (χ0v) is 13.7. The van der Waals surface area contributed by atoms with Gasteiger partial charge in [0.2, 0.25) is 0 Å². The highest BCUT2D eigenvalue weighted by atomic mass is 32.2. The van der Waals surface area contributed by atoms with Crippen LogP contribution in [0.1, 0.15) is 11.9 Å². The summed E-state index contributed by atoms with van der Waals surface area (Å²) in [6, 6.07) is 15.6. The summed E-state index contributed by atoms with van der Waals surface area (Å²) in [5, 5.41) is 0.778. The van der Waals surface area contributed by atoms with Crippen molar-refractivity contribution in [2.24, 2.45) is 0 Å². The molecule has 5 nitrogen and oxygen atoms in total. The fourth-order valence-electron chi connectivity index (χ4n) is 2.62. The summed E-state index contributed by atoms with van der Waals surface area (Å²) in [5.41, 5.74) is 1.26. The Morgan fingerprint density at radius 2 is 1.52 bits per heavy atom. The molecule has 1 heterocycles. The molecule has 0 aliphatic heterocycles. The zero-order chi connectivity index (χ0) is 16.4. The number of ether oxygens (including phenoxy) is 2. The van der Waals surface area contributed by atoms with Crippen LogP contribution in [0.15, 0.2) is 65.7 Å². The molecule has 23 heavy (non-hydrogen) atoms. The molecule has 1 aromatic heterocycles. The van der Waals surface area contributed by atoms with Gasteiger partial charge in [-0.25, -0.2) is 12.4 Å². The van der Waals surface area contributed by atoms with E-state index in [1.807, 2.05) is 12.1 Å². The second-order valence-corrected chi connectivity index (χ2v) is 6.83. The van der Waals surface area contributed by atoms with Crippen LogP contribution in [0.2, 0.25) is 0 Å². The first-order valence-corrected chi connectivity index (χ1v) is 8.50. The third-order valence-corrected chi connectivity index (χ3v) is 5.38. The topological polar surface area (TPSA) is 57.5 Å². The van der Waals surface area contributed by atoms with Crippen LogP contribution in [-0.2, 0) is 19.5 Å². The number of para-hydroxylation sites is 1. The van der Waals surface area contributed by atoms with E-state index in [1.165, 1.54) is 18.2 Å². The van der Waals surface area contributed by atoms with Crippen LogP contribution >= 0.6 is 0 Å². The largest absolute Gasteiger partial charge is 0.352 e. The van der Waals surface area contributed by atoms with Crippen molar-refractivity contribution in [3.63, 3.8) is 0 Å². The Kier molecular flexibility index (Phi) is 4.21. The van der Waals surface area contributed by atoms with E-state index in [9.17, 15) is 8.42 Å². The summed E-state index contributed by atoms with van der Waals surface area (Å²) in [7, 11) is -0.650. The lowest BCUT2D eigenvalue weighted by molar-refractivity contribution is -0.105. The van der Waals surface area contributed by atoms with Crippen molar-refractivity contribution in [2.75, 3.05) is 14.2 Å². The number of hydrogen-bond donors (Lipinski definition) is 0. The first-order valence-electron chi connectivity index (χ1n) is 7.06. The molecule has 2 aromatic carbocycles. The van der Waals surface area contributed by atoms with E-state index in [-0.39, 0.29) is 4.90 Å². The summed E-state index contributed by atoms with van der Waals surface area (Å²) in [5.74, 6) is 0. The van der Waals surface area contributed by atoms with Crippen LogP contribution in [0, 0.1) is 0 Å². The minimum Gasteiger partial charge on any atom is -0.352 e. The van der Waals surface area contributed by atoms with Gasteiger partial charge in [-0.3, -0.25) is 0 Å². The lowest BCUT2D eigenvalue weighted by Gasteiger charge is -2.12. The van der Waals surface area contributed by atoms with E-state index >= 15 is 0 Å². The molecular formula is C17H17NO4S. The second kappa shape index (κ2) is 6.16. The van der Waals surface area contributed by atoms with Crippen molar-refractivity contribution < 1.29 is 17.9 Å². The highest BCUT2D eigenvalue weighted by molar-refractivity contribution is 7.90. The fourth-order valence-corrected chi connectivity index (χ4v) is 4.02. The molecule has 6 heteroatoms. The minimum atomic E-state index is -3.69. The van der Waals surface area contributed by atoms with Gasteiger partial charge >= 0.3 is 0 Å². The van der Waals surface area contributed by atoms with E-state index in [0.717, 1.165) is 5.39 Å². The summed E-state index contributed by atoms with van der Waals surface area (Å²) < 4.78 is 37.7.